The van der Waals surface area contributed by atoms with Crippen molar-refractivity contribution in [1.82, 2.24) is 9.88 Å². The lowest BCUT2D eigenvalue weighted by atomic mass is 10.2. The number of alkyl halides is 1. The van der Waals surface area contributed by atoms with Crippen LogP contribution in [0.5, 0.6) is 0 Å². The Morgan fingerprint density at radius 3 is 2.89 bits per heavy atom. The van der Waals surface area contributed by atoms with Crippen molar-refractivity contribution in [3.05, 3.63) is 24.0 Å². The van der Waals surface area contributed by atoms with Gasteiger partial charge in [0.15, 0.2) is 0 Å². The van der Waals surface area contributed by atoms with Crippen molar-refractivity contribution in [3.63, 3.8) is 0 Å². The molecule has 0 spiro atoms. The van der Waals surface area contributed by atoms with E-state index in [9.17, 15) is 0 Å². The standard InChI is InChI=1S/C14H22ClN3/c1-3-17(4-2)13-6-8-18(11-13)14-10-16-7-5-12(14)9-15/h5,7,10,13H,3-4,6,8-9,11H2,1-2H3. The number of rotatable bonds is 5. The fourth-order valence-electron chi connectivity index (χ4n) is 2.81. The molecule has 0 aromatic carbocycles. The molecule has 4 heteroatoms. The molecule has 0 saturated carbocycles. The summed E-state index contributed by atoms with van der Waals surface area (Å²) in [4.78, 5) is 9.20. The summed E-state index contributed by atoms with van der Waals surface area (Å²) < 4.78 is 0. The van der Waals surface area contributed by atoms with Crippen LogP contribution in [0.4, 0.5) is 5.69 Å². The highest BCUT2D eigenvalue weighted by Gasteiger charge is 2.27. The first-order valence-corrected chi connectivity index (χ1v) is 7.31. The Hall–Kier alpha value is -0.800. The van der Waals surface area contributed by atoms with Gasteiger partial charge in [0.25, 0.3) is 0 Å². The van der Waals surface area contributed by atoms with Crippen LogP contribution in [0, 0.1) is 0 Å². The summed E-state index contributed by atoms with van der Waals surface area (Å²) in [5.74, 6) is 0.560. The van der Waals surface area contributed by atoms with E-state index < -0.39 is 0 Å². The maximum atomic E-state index is 6.00. The molecule has 0 N–H and O–H groups in total. The van der Waals surface area contributed by atoms with E-state index in [4.69, 9.17) is 11.6 Å². The molecule has 1 fully saturated rings. The molecule has 1 atom stereocenters. The smallest absolute Gasteiger partial charge is 0.0598 e. The van der Waals surface area contributed by atoms with Crippen molar-refractivity contribution < 1.29 is 0 Å². The van der Waals surface area contributed by atoms with Crippen molar-refractivity contribution in [2.24, 2.45) is 0 Å². The summed E-state index contributed by atoms with van der Waals surface area (Å²) in [5.41, 5.74) is 2.40. The molecule has 0 radical (unpaired) electrons. The number of pyridine rings is 1. The van der Waals surface area contributed by atoms with Gasteiger partial charge < -0.3 is 4.90 Å². The quantitative estimate of drug-likeness (QED) is 0.765. The van der Waals surface area contributed by atoms with Crippen LogP contribution in [0.15, 0.2) is 18.5 Å². The number of nitrogens with zero attached hydrogens (tertiary/aromatic N) is 3. The minimum atomic E-state index is 0.560. The number of hydrogen-bond acceptors (Lipinski definition) is 3. The summed E-state index contributed by atoms with van der Waals surface area (Å²) in [7, 11) is 0. The Morgan fingerprint density at radius 1 is 1.44 bits per heavy atom. The molecule has 0 amide bonds. The fraction of sp³-hybridized carbons (Fsp3) is 0.643. The molecule has 2 rings (SSSR count). The molecule has 18 heavy (non-hydrogen) atoms. The highest BCUT2D eigenvalue weighted by atomic mass is 35.5. The Kier molecular flexibility index (Phi) is 4.84. The minimum absolute atomic E-state index is 0.560. The van der Waals surface area contributed by atoms with Gasteiger partial charge in [-0.05, 0) is 31.1 Å². The number of anilines is 1. The average molecular weight is 268 g/mol. The van der Waals surface area contributed by atoms with Crippen molar-refractivity contribution in [2.45, 2.75) is 32.2 Å². The Labute approximate surface area is 115 Å². The zero-order chi connectivity index (χ0) is 13.0. The Bertz CT molecular complexity index is 379. The average Bonchev–Trinajstić information content (AvgIpc) is 2.89. The fourth-order valence-corrected chi connectivity index (χ4v) is 3.04. The molecule has 1 aliphatic rings. The van der Waals surface area contributed by atoms with Crippen molar-refractivity contribution in [3.8, 4) is 0 Å². The minimum Gasteiger partial charge on any atom is -0.368 e. The third-order valence-corrected chi connectivity index (χ3v) is 4.15. The highest BCUT2D eigenvalue weighted by Crippen LogP contribution is 2.26. The third-order valence-electron chi connectivity index (χ3n) is 3.86. The van der Waals surface area contributed by atoms with E-state index in [-0.39, 0.29) is 0 Å². The predicted octanol–water partition coefficient (Wildman–Crippen LogP) is 2.74. The molecule has 100 valence electrons. The zero-order valence-electron chi connectivity index (χ0n) is 11.3. The van der Waals surface area contributed by atoms with Crippen LogP contribution in [-0.2, 0) is 5.88 Å². The molecular formula is C14H22ClN3. The zero-order valence-corrected chi connectivity index (χ0v) is 12.0. The van der Waals surface area contributed by atoms with Gasteiger partial charge in [-0.2, -0.15) is 0 Å². The SMILES string of the molecule is CCN(CC)C1CCN(c2cnccc2CCl)C1. The number of aromatic nitrogens is 1. The van der Waals surface area contributed by atoms with Crippen LogP contribution in [0.3, 0.4) is 0 Å². The number of halogens is 1. The monoisotopic (exact) mass is 267 g/mol. The Morgan fingerprint density at radius 2 is 2.22 bits per heavy atom. The van der Waals surface area contributed by atoms with Gasteiger partial charge in [-0.3, -0.25) is 9.88 Å². The first kappa shape index (κ1) is 13.6. The van der Waals surface area contributed by atoms with Gasteiger partial charge >= 0.3 is 0 Å². The van der Waals surface area contributed by atoms with Crippen LogP contribution in [0.1, 0.15) is 25.8 Å². The van der Waals surface area contributed by atoms with Gasteiger partial charge in [-0.25, -0.2) is 0 Å². The van der Waals surface area contributed by atoms with Gasteiger partial charge in [0, 0.05) is 31.2 Å². The topological polar surface area (TPSA) is 19.4 Å². The second-order valence-corrected chi connectivity index (χ2v) is 5.02. The van der Waals surface area contributed by atoms with Gasteiger partial charge in [-0.15, -0.1) is 11.6 Å². The number of likely N-dealkylation sites (N-methyl/N-ethyl adjacent to an activating group) is 1. The normalized spacial score (nSPS) is 19.8. The molecule has 1 aromatic rings. The summed E-state index contributed by atoms with van der Waals surface area (Å²) in [5, 5.41) is 0. The summed E-state index contributed by atoms with van der Waals surface area (Å²) >= 11 is 6.00. The summed E-state index contributed by atoms with van der Waals surface area (Å²) in [6, 6.07) is 2.69. The van der Waals surface area contributed by atoms with E-state index in [2.05, 4.69) is 28.6 Å². The first-order chi connectivity index (χ1) is 8.80. The second kappa shape index (κ2) is 6.39. The lowest BCUT2D eigenvalue weighted by molar-refractivity contribution is 0.232. The highest BCUT2D eigenvalue weighted by molar-refractivity contribution is 6.17. The third kappa shape index (κ3) is 2.78. The molecule has 0 aliphatic carbocycles. The molecular weight excluding hydrogens is 246 g/mol. The van der Waals surface area contributed by atoms with Crippen LogP contribution in [-0.4, -0.2) is 42.1 Å². The van der Waals surface area contributed by atoms with Crippen molar-refractivity contribution in [1.29, 1.82) is 0 Å². The van der Waals surface area contributed by atoms with Crippen LogP contribution >= 0.6 is 11.6 Å². The molecule has 1 aromatic heterocycles. The predicted molar refractivity (Wildman–Crippen MR) is 77.3 cm³/mol. The molecule has 1 unspecified atom stereocenters. The molecule has 1 saturated heterocycles. The Balaban J connectivity index is 2.08. The van der Waals surface area contributed by atoms with Gasteiger partial charge in [-0.1, -0.05) is 13.8 Å². The maximum Gasteiger partial charge on any atom is 0.0598 e. The van der Waals surface area contributed by atoms with E-state index in [0.29, 0.717) is 11.9 Å². The van der Waals surface area contributed by atoms with E-state index in [0.717, 1.165) is 26.2 Å². The molecule has 1 aliphatic heterocycles. The maximum absolute atomic E-state index is 6.00. The van der Waals surface area contributed by atoms with E-state index >= 15 is 0 Å². The largest absolute Gasteiger partial charge is 0.368 e. The van der Waals surface area contributed by atoms with Gasteiger partial charge in [0.2, 0.25) is 0 Å². The van der Waals surface area contributed by atoms with Crippen LogP contribution < -0.4 is 4.90 Å². The van der Waals surface area contributed by atoms with Crippen molar-refractivity contribution in [2.75, 3.05) is 31.1 Å². The first-order valence-electron chi connectivity index (χ1n) is 6.78. The van der Waals surface area contributed by atoms with Gasteiger partial charge in [0.05, 0.1) is 11.9 Å². The van der Waals surface area contributed by atoms with Crippen molar-refractivity contribution >= 4 is 17.3 Å². The molecule has 2 heterocycles. The number of hydrogen-bond donors (Lipinski definition) is 0. The van der Waals surface area contributed by atoms with Gasteiger partial charge in [0.1, 0.15) is 0 Å². The summed E-state index contributed by atoms with van der Waals surface area (Å²) in [6.07, 6.45) is 5.00. The second-order valence-electron chi connectivity index (χ2n) is 4.75. The van der Waals surface area contributed by atoms with Crippen LogP contribution in [0.25, 0.3) is 0 Å². The lowest BCUT2D eigenvalue weighted by Crippen LogP contribution is -2.37. The van der Waals surface area contributed by atoms with E-state index in [1.807, 2.05) is 18.5 Å². The molecule has 0 bridgehead atoms. The van der Waals surface area contributed by atoms with E-state index in [1.165, 1.54) is 17.7 Å². The van der Waals surface area contributed by atoms with Crippen LogP contribution in [0.2, 0.25) is 0 Å². The van der Waals surface area contributed by atoms with E-state index in [1.54, 1.807) is 0 Å². The lowest BCUT2D eigenvalue weighted by Gasteiger charge is -2.27. The molecule has 3 nitrogen and oxygen atoms in total. The summed E-state index contributed by atoms with van der Waals surface area (Å²) in [6.45, 7) is 8.93.